The fraction of sp³-hybridized carbons (Fsp3) is 0.296. The van der Waals surface area contributed by atoms with Gasteiger partial charge >= 0.3 is 5.97 Å². The van der Waals surface area contributed by atoms with E-state index in [1.807, 2.05) is 6.07 Å². The highest BCUT2D eigenvalue weighted by molar-refractivity contribution is 7.92. The largest absolute Gasteiger partial charge is 0.381 e. The Morgan fingerprint density at radius 2 is 1.98 bits per heavy atom. The van der Waals surface area contributed by atoms with Crippen molar-refractivity contribution in [3.8, 4) is 11.3 Å². The third-order valence-corrected chi connectivity index (χ3v) is 8.35. The first-order valence-corrected chi connectivity index (χ1v) is 15.1. The molecule has 14 heteroatoms. The first kappa shape index (κ1) is 25.4. The summed E-state index contributed by atoms with van der Waals surface area (Å²) in [5.74, 6) is -0.168. The number of hydrogen-bond donors (Lipinski definition) is 2. The Balaban J connectivity index is 1.27. The van der Waals surface area contributed by atoms with Gasteiger partial charge in [-0.3, -0.25) is 9.62 Å². The third-order valence-electron chi connectivity index (χ3n) is 7.76. The molecule has 0 radical (unpaired) electrons. The van der Waals surface area contributed by atoms with Gasteiger partial charge in [0.05, 0.1) is 17.6 Å². The standard InChI is InChI=1S/C27H27N9O4S/c1-15(16-7-8-16)34-13-18-11-17(12-22(19(18)14-34)32-41(2,38)39)20-9-10-35-26(29-20)24(25(28)31-35)27(37)40-36-23-6-4-3-5-21(23)30-33-36/h3-6,9-12,15-16,32H,7-8,13-14H2,1-2H3,(H2,28,31)/t15-/m0/s1. The molecule has 1 aliphatic heterocycles. The number of nitrogens with two attached hydrogens (primary N) is 1. The summed E-state index contributed by atoms with van der Waals surface area (Å²) >= 11 is 0. The summed E-state index contributed by atoms with van der Waals surface area (Å²) in [4.78, 5) is 26.9. The minimum Gasteiger partial charge on any atom is -0.381 e. The van der Waals surface area contributed by atoms with Crippen LogP contribution in [0.3, 0.4) is 0 Å². The van der Waals surface area contributed by atoms with E-state index in [0.717, 1.165) is 22.2 Å². The third kappa shape index (κ3) is 4.64. The number of anilines is 2. The molecule has 1 saturated carbocycles. The van der Waals surface area contributed by atoms with Gasteiger partial charge in [-0.1, -0.05) is 17.0 Å². The number of fused-ring (bicyclic) bond motifs is 3. The molecule has 5 aromatic rings. The normalized spacial score (nSPS) is 16.2. The summed E-state index contributed by atoms with van der Waals surface area (Å²) in [5.41, 5.74) is 11.1. The first-order valence-electron chi connectivity index (χ1n) is 13.2. The van der Waals surface area contributed by atoms with Crippen LogP contribution in [0.15, 0.2) is 48.7 Å². The molecule has 0 unspecified atom stereocenters. The lowest BCUT2D eigenvalue weighted by molar-refractivity contribution is 0.0412. The summed E-state index contributed by atoms with van der Waals surface area (Å²) in [6, 6.07) is 13.0. The highest BCUT2D eigenvalue weighted by atomic mass is 32.2. The number of nitrogens with zero attached hydrogens (tertiary/aromatic N) is 7. The van der Waals surface area contributed by atoms with Crippen LogP contribution in [0, 0.1) is 5.92 Å². The number of carbonyl (C=O) groups excluding carboxylic acids is 1. The molecule has 2 aliphatic rings. The Bertz CT molecular complexity index is 1960. The molecule has 210 valence electrons. The van der Waals surface area contributed by atoms with Crippen molar-refractivity contribution in [3.05, 3.63) is 65.4 Å². The number of carbonyl (C=O) groups is 1. The zero-order valence-corrected chi connectivity index (χ0v) is 23.2. The molecule has 0 spiro atoms. The summed E-state index contributed by atoms with van der Waals surface area (Å²) in [6.07, 6.45) is 5.24. The van der Waals surface area contributed by atoms with Gasteiger partial charge in [-0.2, -0.15) is 0 Å². The molecule has 3 aromatic heterocycles. The Hall–Kier alpha value is -4.56. The Morgan fingerprint density at radius 3 is 2.76 bits per heavy atom. The smallest absolute Gasteiger partial charge is 0.373 e. The number of aromatic nitrogens is 6. The maximum absolute atomic E-state index is 13.3. The molecule has 1 aliphatic carbocycles. The number of para-hydroxylation sites is 1. The van der Waals surface area contributed by atoms with Crippen molar-refractivity contribution in [1.29, 1.82) is 0 Å². The zero-order valence-electron chi connectivity index (χ0n) is 22.4. The molecule has 1 fully saturated rings. The van der Waals surface area contributed by atoms with E-state index < -0.39 is 16.0 Å². The van der Waals surface area contributed by atoms with Crippen LogP contribution >= 0.6 is 0 Å². The zero-order chi connectivity index (χ0) is 28.5. The van der Waals surface area contributed by atoms with Gasteiger partial charge in [-0.05, 0) is 72.4 Å². The second-order valence-electron chi connectivity index (χ2n) is 10.7. The Labute approximate surface area is 234 Å². The molecular formula is C27H27N9O4S. The lowest BCUT2D eigenvalue weighted by Crippen LogP contribution is -2.29. The van der Waals surface area contributed by atoms with Crippen molar-refractivity contribution in [2.24, 2.45) is 5.92 Å². The van der Waals surface area contributed by atoms with Crippen molar-refractivity contribution in [3.63, 3.8) is 0 Å². The van der Waals surface area contributed by atoms with Gasteiger partial charge in [0.25, 0.3) is 0 Å². The van der Waals surface area contributed by atoms with Crippen molar-refractivity contribution in [2.45, 2.75) is 38.9 Å². The SMILES string of the molecule is C[C@@H](C1CC1)N1Cc2cc(-c3ccn4nc(N)c(C(=O)On5nnc6ccccc65)c4n3)cc(NS(C)(=O)=O)c2C1. The second kappa shape index (κ2) is 9.24. The van der Waals surface area contributed by atoms with E-state index in [4.69, 9.17) is 15.6 Å². The molecule has 3 N–H and O–H groups in total. The van der Waals surface area contributed by atoms with E-state index in [1.165, 1.54) is 17.4 Å². The van der Waals surface area contributed by atoms with Crippen LogP contribution < -0.4 is 15.3 Å². The quantitative estimate of drug-likeness (QED) is 0.277. The fourth-order valence-corrected chi connectivity index (χ4v) is 6.06. The maximum atomic E-state index is 13.3. The van der Waals surface area contributed by atoms with Gasteiger partial charge < -0.3 is 10.6 Å². The lowest BCUT2D eigenvalue weighted by Gasteiger charge is -2.23. The number of nitrogens with one attached hydrogen (secondary N) is 1. The molecular weight excluding hydrogens is 546 g/mol. The lowest BCUT2D eigenvalue weighted by atomic mass is 10.0. The monoisotopic (exact) mass is 573 g/mol. The van der Waals surface area contributed by atoms with Crippen LogP contribution in [0.4, 0.5) is 11.5 Å². The van der Waals surface area contributed by atoms with Crippen molar-refractivity contribution in [2.75, 3.05) is 16.7 Å². The van der Waals surface area contributed by atoms with Gasteiger partial charge in [0.15, 0.2) is 17.0 Å². The summed E-state index contributed by atoms with van der Waals surface area (Å²) in [7, 11) is -3.52. The Kier molecular flexibility index (Phi) is 5.73. The minimum absolute atomic E-state index is 0.0218. The maximum Gasteiger partial charge on any atom is 0.373 e. The van der Waals surface area contributed by atoms with E-state index in [9.17, 15) is 13.2 Å². The van der Waals surface area contributed by atoms with Gasteiger partial charge in [0, 0.05) is 30.9 Å². The van der Waals surface area contributed by atoms with Gasteiger partial charge in [-0.15, -0.1) is 10.2 Å². The van der Waals surface area contributed by atoms with Crippen LogP contribution in [0.25, 0.3) is 27.9 Å². The van der Waals surface area contributed by atoms with Crippen LogP contribution in [0.1, 0.15) is 41.3 Å². The fourth-order valence-electron chi connectivity index (χ4n) is 5.48. The molecule has 4 heterocycles. The number of benzene rings is 2. The van der Waals surface area contributed by atoms with E-state index in [-0.39, 0.29) is 17.0 Å². The van der Waals surface area contributed by atoms with Gasteiger partial charge in [0.2, 0.25) is 10.0 Å². The van der Waals surface area contributed by atoms with Gasteiger partial charge in [0.1, 0.15) is 11.0 Å². The molecule has 13 nitrogen and oxygen atoms in total. The van der Waals surface area contributed by atoms with E-state index in [2.05, 4.69) is 32.0 Å². The van der Waals surface area contributed by atoms with Crippen molar-refractivity contribution in [1.82, 2.24) is 34.7 Å². The summed E-state index contributed by atoms with van der Waals surface area (Å²) < 4.78 is 28.6. The number of sulfonamides is 1. The van der Waals surface area contributed by atoms with Crippen LogP contribution in [-0.4, -0.2) is 61.3 Å². The number of hydrogen-bond acceptors (Lipinski definition) is 10. The average molecular weight is 574 g/mol. The van der Waals surface area contributed by atoms with Crippen LogP contribution in [-0.2, 0) is 23.1 Å². The predicted molar refractivity (Wildman–Crippen MR) is 151 cm³/mol. The first-order chi connectivity index (χ1) is 19.6. The van der Waals surface area contributed by atoms with Crippen molar-refractivity contribution >= 4 is 44.2 Å². The van der Waals surface area contributed by atoms with E-state index >= 15 is 0 Å². The molecule has 41 heavy (non-hydrogen) atoms. The topological polar surface area (TPSA) is 163 Å². The number of nitrogen functional groups attached to an aromatic ring is 1. The molecule has 7 rings (SSSR count). The Morgan fingerprint density at radius 1 is 1.17 bits per heavy atom. The molecule has 0 amide bonds. The highest BCUT2D eigenvalue weighted by Crippen LogP contribution is 2.41. The summed E-state index contributed by atoms with van der Waals surface area (Å²) in [5, 5.41) is 12.1. The molecule has 1 atom stereocenters. The average Bonchev–Trinajstić information content (AvgIpc) is 3.42. The van der Waals surface area contributed by atoms with Crippen molar-refractivity contribution < 1.29 is 18.0 Å². The highest BCUT2D eigenvalue weighted by Gasteiger charge is 2.35. The molecule has 2 aromatic carbocycles. The molecule has 0 saturated heterocycles. The number of rotatable bonds is 7. The summed E-state index contributed by atoms with van der Waals surface area (Å²) in [6.45, 7) is 3.62. The minimum atomic E-state index is -3.52. The van der Waals surface area contributed by atoms with Crippen LogP contribution in [0.2, 0.25) is 0 Å². The van der Waals surface area contributed by atoms with E-state index in [1.54, 1.807) is 42.6 Å². The molecule has 0 bridgehead atoms. The second-order valence-corrected chi connectivity index (χ2v) is 12.4. The predicted octanol–water partition coefficient (Wildman–Crippen LogP) is 2.48. The van der Waals surface area contributed by atoms with Crippen LogP contribution in [0.5, 0.6) is 0 Å². The van der Waals surface area contributed by atoms with E-state index in [0.29, 0.717) is 53.0 Å². The van der Waals surface area contributed by atoms with Gasteiger partial charge in [-0.25, -0.2) is 22.7 Å².